The fraction of sp³-hybridized carbons (Fsp3) is 0.179. The van der Waals surface area contributed by atoms with Gasteiger partial charge in [0.2, 0.25) is 0 Å². The van der Waals surface area contributed by atoms with Crippen molar-refractivity contribution in [1.82, 2.24) is 15.0 Å². The minimum atomic E-state index is -4.54. The van der Waals surface area contributed by atoms with Crippen LogP contribution in [0, 0.1) is 0 Å². The minimum Gasteiger partial charge on any atom is -0.467 e. The lowest BCUT2D eigenvalue weighted by Crippen LogP contribution is -2.25. The molecule has 0 fully saturated rings. The number of nitrogens with zero attached hydrogens (tertiary/aromatic N) is 4. The largest absolute Gasteiger partial charge is 0.467 e. The average molecular weight is 571 g/mol. The molecule has 4 aromatic rings. The number of halogens is 3. The number of aliphatic imine (C=N–C) groups is 1. The maximum Gasteiger partial charge on any atom is 0.433 e. The Kier molecular flexibility index (Phi) is 10.7. The van der Waals surface area contributed by atoms with E-state index in [0.29, 0.717) is 17.1 Å². The normalized spacial score (nSPS) is 11.7. The molecule has 6 nitrogen and oxygen atoms in total. The number of esters is 1. The summed E-state index contributed by atoms with van der Waals surface area (Å²) in [4.78, 5) is 29.6. The molecule has 0 aliphatic rings. The van der Waals surface area contributed by atoms with Gasteiger partial charge in [0.25, 0.3) is 0 Å². The van der Waals surface area contributed by atoms with Gasteiger partial charge in [-0.3, -0.25) is 9.98 Å². The highest BCUT2D eigenvalue weighted by atomic mass is 32.2. The first-order valence-electron chi connectivity index (χ1n) is 11.6. The smallest absolute Gasteiger partial charge is 0.433 e. The van der Waals surface area contributed by atoms with Crippen molar-refractivity contribution in [1.29, 1.82) is 0 Å². The van der Waals surface area contributed by atoms with Crippen molar-refractivity contribution in [3.8, 4) is 0 Å². The van der Waals surface area contributed by atoms with Crippen LogP contribution in [0.25, 0.3) is 0 Å². The maximum atomic E-state index is 12.9. The molecular formula is C28H26F3N4O2PS. The predicted octanol–water partition coefficient (Wildman–Crippen LogP) is 5.86. The van der Waals surface area contributed by atoms with E-state index in [1.54, 1.807) is 18.2 Å². The average Bonchev–Trinajstić information content (AvgIpc) is 2.94. The number of methoxy groups -OCH3 is 1. The van der Waals surface area contributed by atoms with E-state index in [0.717, 1.165) is 35.2 Å². The second kappa shape index (κ2) is 14.0. The zero-order chi connectivity index (χ0) is 27.0. The number of alkyl halides is 3. The summed E-state index contributed by atoms with van der Waals surface area (Å²) in [5, 5.41) is -0.000528. The van der Waals surface area contributed by atoms with E-state index in [9.17, 15) is 18.0 Å². The van der Waals surface area contributed by atoms with E-state index >= 15 is 0 Å². The molecule has 0 saturated carbocycles. The Bertz CT molecular complexity index is 1370. The molecule has 0 radical (unpaired) electrons. The van der Waals surface area contributed by atoms with Gasteiger partial charge in [0.1, 0.15) is 5.69 Å². The predicted molar refractivity (Wildman–Crippen MR) is 150 cm³/mol. The Labute approximate surface area is 231 Å². The first-order chi connectivity index (χ1) is 18.3. The highest BCUT2D eigenvalue weighted by Crippen LogP contribution is 2.29. The minimum absolute atomic E-state index is 0. The summed E-state index contributed by atoms with van der Waals surface area (Å²) in [5.41, 5.74) is 2.55. The third-order valence-electron chi connectivity index (χ3n) is 5.39. The molecule has 0 aliphatic heterocycles. The Morgan fingerprint density at radius 1 is 0.897 bits per heavy atom. The van der Waals surface area contributed by atoms with Crippen LogP contribution < -0.4 is 0 Å². The molecule has 0 N–H and O–H groups in total. The molecule has 11 heteroatoms. The first kappa shape index (κ1) is 29.9. The lowest BCUT2D eigenvalue weighted by Gasteiger charge is -2.15. The molecule has 0 aliphatic carbocycles. The van der Waals surface area contributed by atoms with Gasteiger partial charge in [0, 0.05) is 35.2 Å². The van der Waals surface area contributed by atoms with Gasteiger partial charge in [-0.25, -0.2) is 14.8 Å². The van der Waals surface area contributed by atoms with Gasteiger partial charge in [-0.15, -0.1) is 0 Å². The third-order valence-corrected chi connectivity index (χ3v) is 6.29. The summed E-state index contributed by atoms with van der Waals surface area (Å²) in [6, 6.07) is 24.4. The van der Waals surface area contributed by atoms with E-state index in [-0.39, 0.29) is 27.2 Å². The van der Waals surface area contributed by atoms with Crippen molar-refractivity contribution in [3.05, 3.63) is 119 Å². The number of hydrogen-bond acceptors (Lipinski definition) is 7. The van der Waals surface area contributed by atoms with Crippen LogP contribution in [0.5, 0.6) is 0 Å². The van der Waals surface area contributed by atoms with Gasteiger partial charge in [-0.05, 0) is 18.2 Å². The van der Waals surface area contributed by atoms with Crippen LogP contribution in [0.3, 0.4) is 0 Å². The number of thioether (sulfide) groups is 1. The molecule has 4 rings (SSSR count). The van der Waals surface area contributed by atoms with Crippen molar-refractivity contribution in [2.75, 3.05) is 7.11 Å². The lowest BCUT2D eigenvalue weighted by molar-refractivity contribution is -0.142. The number of carbonyl (C=O) groups excluding carboxylic acids is 1. The zero-order valence-corrected chi connectivity index (χ0v) is 23.2. The van der Waals surface area contributed by atoms with Crippen LogP contribution >= 0.6 is 21.7 Å². The molecule has 2 heterocycles. The number of pyridine rings is 1. The highest BCUT2D eigenvalue weighted by molar-refractivity contribution is 7.98. The summed E-state index contributed by atoms with van der Waals surface area (Å²) in [6.07, 6.45) is -3.29. The quantitative estimate of drug-likeness (QED) is 0.0825. The van der Waals surface area contributed by atoms with E-state index in [4.69, 9.17) is 9.73 Å². The molecule has 2 atom stereocenters. The Morgan fingerprint density at radius 3 is 2.10 bits per heavy atom. The Balaban J connectivity index is 0.00000420. The monoisotopic (exact) mass is 570 g/mol. The lowest BCUT2D eigenvalue weighted by atomic mass is 10.0. The summed E-state index contributed by atoms with van der Waals surface area (Å²) in [7, 11) is 1.31. The molecule has 2 unspecified atom stereocenters. The fourth-order valence-electron chi connectivity index (χ4n) is 3.61. The number of ether oxygens (including phenoxy) is 1. The van der Waals surface area contributed by atoms with Gasteiger partial charge in [-0.2, -0.15) is 23.1 Å². The fourth-order valence-corrected chi connectivity index (χ4v) is 4.35. The van der Waals surface area contributed by atoms with Crippen LogP contribution in [0.4, 0.5) is 13.2 Å². The summed E-state index contributed by atoms with van der Waals surface area (Å²) < 4.78 is 43.9. The van der Waals surface area contributed by atoms with Gasteiger partial charge < -0.3 is 4.74 Å². The summed E-state index contributed by atoms with van der Waals surface area (Å²) in [6.45, 7) is 0. The van der Waals surface area contributed by atoms with Crippen molar-refractivity contribution in [2.45, 2.75) is 29.5 Å². The van der Waals surface area contributed by atoms with Gasteiger partial charge in [-0.1, -0.05) is 78.5 Å². The highest BCUT2D eigenvalue weighted by Gasteiger charge is 2.32. The number of aromatic nitrogens is 3. The van der Waals surface area contributed by atoms with Crippen LogP contribution in [0.2, 0.25) is 0 Å². The van der Waals surface area contributed by atoms with Crippen molar-refractivity contribution < 1.29 is 22.7 Å². The van der Waals surface area contributed by atoms with Crippen molar-refractivity contribution >= 4 is 33.3 Å². The van der Waals surface area contributed by atoms with Crippen LogP contribution in [0.1, 0.15) is 28.2 Å². The first-order valence-corrected chi connectivity index (χ1v) is 12.6. The standard InChI is InChI=1S/C28H23F3N4O2S.H3P/c1-37-26(36)23(34-25(19-9-4-2-5-10-19)20-11-6-3-7-12-20)17-21-13-8-14-22(33-21)18-38-27-32-16-15-24(35-27)28(29,30)31;/h2-16,23H,17-18H2,1H3;1H3. The van der Waals surface area contributed by atoms with E-state index in [1.165, 1.54) is 7.11 Å². The third kappa shape index (κ3) is 8.43. The number of benzene rings is 2. The van der Waals surface area contributed by atoms with Crippen LogP contribution in [-0.4, -0.2) is 39.8 Å². The van der Waals surface area contributed by atoms with Gasteiger partial charge in [0.05, 0.1) is 18.5 Å². The second-order valence-electron chi connectivity index (χ2n) is 8.08. The van der Waals surface area contributed by atoms with Crippen molar-refractivity contribution in [2.24, 2.45) is 4.99 Å². The van der Waals surface area contributed by atoms with Gasteiger partial charge >= 0.3 is 12.1 Å². The van der Waals surface area contributed by atoms with Crippen LogP contribution in [0.15, 0.2) is 101 Å². The van der Waals surface area contributed by atoms with E-state index < -0.39 is 23.9 Å². The van der Waals surface area contributed by atoms with Crippen molar-refractivity contribution in [3.63, 3.8) is 0 Å². The molecule has 0 bridgehead atoms. The van der Waals surface area contributed by atoms with E-state index in [2.05, 4.69) is 15.0 Å². The van der Waals surface area contributed by atoms with Gasteiger partial charge in [0.15, 0.2) is 11.2 Å². The Morgan fingerprint density at radius 2 is 1.51 bits per heavy atom. The maximum absolute atomic E-state index is 12.9. The topological polar surface area (TPSA) is 77.3 Å². The molecule has 0 saturated heterocycles. The summed E-state index contributed by atoms with van der Waals surface area (Å²) in [5.74, 6) is -0.256. The molecular weight excluding hydrogens is 544 g/mol. The molecule has 2 aromatic heterocycles. The zero-order valence-electron chi connectivity index (χ0n) is 21.0. The summed E-state index contributed by atoms with van der Waals surface area (Å²) >= 11 is 1.04. The molecule has 0 spiro atoms. The second-order valence-corrected chi connectivity index (χ2v) is 9.03. The molecule has 0 amide bonds. The number of rotatable bonds is 9. The van der Waals surface area contributed by atoms with Crippen LogP contribution in [-0.2, 0) is 27.9 Å². The van der Waals surface area contributed by atoms with E-state index in [1.807, 2.05) is 60.7 Å². The molecule has 202 valence electrons. The molecule has 2 aromatic carbocycles. The molecule has 39 heavy (non-hydrogen) atoms. The Hall–Kier alpha value is -3.62. The number of hydrogen-bond donors (Lipinski definition) is 0. The number of carbonyl (C=O) groups is 1. The SMILES string of the molecule is COC(=O)C(Cc1cccc(CSc2nccc(C(F)(F)F)n2)n1)N=C(c1ccccc1)c1ccccc1.P.